The molecule has 0 aliphatic carbocycles. The van der Waals surface area contributed by atoms with Crippen LogP contribution in [-0.2, 0) is 21.7 Å². The topological polar surface area (TPSA) is 58.8 Å². The minimum absolute atomic E-state index is 0. The molecule has 22 valence electrons. The Kier molecular flexibility index (Phi) is 4220. The van der Waals surface area contributed by atoms with E-state index < -0.39 is 0 Å². The molecule has 0 fully saturated rings. The maximum atomic E-state index is 6.25. The molecule has 0 spiro atoms. The average molecular weight is 90.9 g/mol. The number of nitrogens with zero attached hydrogens (tertiary/aromatic N) is 1. The van der Waals surface area contributed by atoms with E-state index in [-0.39, 0.29) is 27.9 Å². The molecule has 0 aromatic rings. The van der Waals surface area contributed by atoms with Crippen molar-refractivity contribution in [1.29, 1.82) is 5.26 Å². The summed E-state index contributed by atoms with van der Waals surface area (Å²) in [6.45, 7) is 4.75. The van der Waals surface area contributed by atoms with Crippen LogP contribution >= 0.6 is 0 Å². The second-order valence-corrected chi connectivity index (χ2v) is 0. The number of hydrogen-bond donors (Lipinski definition) is 1. The molecule has 0 heterocycles. The predicted molar refractivity (Wildman–Crippen MR) is 9.99 cm³/mol. The fourth-order valence-electron chi connectivity index (χ4n) is 0. The quantitative estimate of drug-likeness (QED) is 0.343. The molecule has 0 aliphatic rings. The molecule has 0 unspecified atom stereocenters. The minimum atomic E-state index is 0. The monoisotopic (exact) mass is 91.0 g/mol. The van der Waals surface area contributed by atoms with Gasteiger partial charge in [-0.15, -0.1) is 0 Å². The van der Waals surface area contributed by atoms with Crippen molar-refractivity contribution in [2.45, 2.75) is 0 Å². The van der Waals surface area contributed by atoms with Crippen LogP contribution in [0.15, 0.2) is 0 Å². The van der Waals surface area contributed by atoms with Gasteiger partial charge < -0.3 is 18.0 Å². The predicted octanol–water partition coefficient (Wildman–Crippen LogP) is 0.256. The van der Waals surface area contributed by atoms with E-state index in [1.54, 1.807) is 0 Å². The molecule has 0 rings (SSSR count). The van der Waals surface area contributed by atoms with Crippen LogP contribution in [0.4, 0.5) is 0 Å². The third-order valence-electron chi connectivity index (χ3n) is 0. The Morgan fingerprint density at radius 3 is 1.25 bits per heavy atom. The van der Waals surface area contributed by atoms with Gasteiger partial charge in [-0.05, 0) is 0 Å². The summed E-state index contributed by atoms with van der Waals surface area (Å²) in [6, 6.07) is 0. The Balaban J connectivity index is -0.00000000500. The largest absolute Gasteiger partial charge is 0.512 e. The van der Waals surface area contributed by atoms with Gasteiger partial charge in [-0.1, -0.05) is 0 Å². The summed E-state index contributed by atoms with van der Waals surface area (Å²) in [5.41, 5.74) is 0. The van der Waals surface area contributed by atoms with Crippen molar-refractivity contribution in [1.82, 2.24) is 6.15 Å². The Bertz CT molecular complexity index is 10.8. The molecule has 4 heavy (non-hydrogen) atoms. The van der Waals surface area contributed by atoms with Gasteiger partial charge >= 0.3 is 0 Å². The summed E-state index contributed by atoms with van der Waals surface area (Å²) < 4.78 is 0. The Hall–Kier alpha value is 0.164. The zero-order valence-corrected chi connectivity index (χ0v) is 3.72. The molecular weight excluding hydrogens is 87.9 g/mol. The van der Waals surface area contributed by atoms with Crippen molar-refractivity contribution in [3.8, 4) is 0 Å². The van der Waals surface area contributed by atoms with Crippen LogP contribution in [0.1, 0.15) is 0 Å². The minimum Gasteiger partial charge on any atom is -0.512 e. The Morgan fingerprint density at radius 1 is 1.25 bits per heavy atom. The van der Waals surface area contributed by atoms with Crippen LogP contribution < -0.4 is 6.15 Å². The first kappa shape index (κ1) is 30.8. The van der Waals surface area contributed by atoms with E-state index in [0.717, 1.165) is 0 Å². The first-order chi connectivity index (χ1) is 1.00. The first-order valence-corrected chi connectivity index (χ1v) is 0.224. The molecule has 0 aromatic heterocycles. The van der Waals surface area contributed by atoms with Gasteiger partial charge in [0.15, 0.2) is 0 Å². The van der Waals surface area contributed by atoms with Gasteiger partial charge in [0.1, 0.15) is 0 Å². The van der Waals surface area contributed by atoms with Crippen molar-refractivity contribution < 1.29 is 21.7 Å². The molecule has 3 heteroatoms. The smallest absolute Gasteiger partial charge is 0 e. The molecule has 0 aliphatic heterocycles. The van der Waals surface area contributed by atoms with E-state index in [1.807, 2.05) is 0 Å². The normalized spacial score (nSPS) is 0.500. The van der Waals surface area contributed by atoms with Crippen molar-refractivity contribution in [3.63, 3.8) is 0 Å². The van der Waals surface area contributed by atoms with Gasteiger partial charge in [0.2, 0.25) is 0 Å². The second-order valence-electron chi connectivity index (χ2n) is 0. The SMILES string of the molecule is N.[C-]#N.[Ti]. The Morgan fingerprint density at radius 2 is 1.25 bits per heavy atom. The third kappa shape index (κ3) is 109. The molecule has 0 atom stereocenters. The van der Waals surface area contributed by atoms with Crippen molar-refractivity contribution in [2.75, 3.05) is 0 Å². The average Bonchev–Trinajstić information content (AvgIpc) is 1.00. The van der Waals surface area contributed by atoms with Crippen LogP contribution in [0.2, 0.25) is 0 Å². The summed E-state index contributed by atoms with van der Waals surface area (Å²) >= 11 is 0. The van der Waals surface area contributed by atoms with Gasteiger partial charge in [-0.3, -0.25) is 0 Å². The molecule has 0 bridgehead atoms. The van der Waals surface area contributed by atoms with Crippen LogP contribution in [0, 0.1) is 11.8 Å². The summed E-state index contributed by atoms with van der Waals surface area (Å²) in [5, 5.41) is 6.25. The van der Waals surface area contributed by atoms with Crippen molar-refractivity contribution in [3.05, 3.63) is 6.57 Å². The second kappa shape index (κ2) is 549. The molecule has 3 N–H and O–H groups in total. The summed E-state index contributed by atoms with van der Waals surface area (Å²) in [4.78, 5) is 0. The van der Waals surface area contributed by atoms with Crippen molar-refractivity contribution in [2.24, 2.45) is 0 Å². The van der Waals surface area contributed by atoms with E-state index in [4.69, 9.17) is 11.8 Å². The molecule has 0 saturated heterocycles. The number of hydrogen-bond acceptors (Lipinski definition) is 2. The van der Waals surface area contributed by atoms with Gasteiger partial charge in [0, 0.05) is 21.7 Å². The maximum Gasteiger partial charge on any atom is 0 e. The zero-order chi connectivity index (χ0) is 2.00. The third-order valence-corrected chi connectivity index (χ3v) is 0. The first-order valence-electron chi connectivity index (χ1n) is 0.224. The van der Waals surface area contributed by atoms with Crippen LogP contribution in [0.3, 0.4) is 0 Å². The van der Waals surface area contributed by atoms with Gasteiger partial charge in [0.25, 0.3) is 0 Å². The van der Waals surface area contributed by atoms with Gasteiger partial charge in [-0.25, -0.2) is 0 Å². The number of rotatable bonds is 0. The van der Waals surface area contributed by atoms with E-state index >= 15 is 0 Å². The fraction of sp³-hybridized carbons (Fsp3) is 0. The Labute approximate surface area is 40.3 Å². The summed E-state index contributed by atoms with van der Waals surface area (Å²) in [6.07, 6.45) is 0. The molecule has 0 saturated carbocycles. The molecule has 0 amide bonds. The molecule has 2 nitrogen and oxygen atoms in total. The van der Waals surface area contributed by atoms with Crippen molar-refractivity contribution >= 4 is 0 Å². The molecular formula is CH3N2Ti-. The maximum absolute atomic E-state index is 6.25. The van der Waals surface area contributed by atoms with Gasteiger partial charge in [-0.2, -0.15) is 0 Å². The van der Waals surface area contributed by atoms with E-state index in [1.165, 1.54) is 0 Å². The van der Waals surface area contributed by atoms with Crippen LogP contribution in [0.5, 0.6) is 0 Å². The fourth-order valence-corrected chi connectivity index (χ4v) is 0. The standard InChI is InChI=1S/CN.H3N.Ti/c1-2;;/h;1H3;/q-1;;. The van der Waals surface area contributed by atoms with Crippen LogP contribution in [0.25, 0.3) is 0 Å². The summed E-state index contributed by atoms with van der Waals surface area (Å²) in [5.74, 6) is 0. The van der Waals surface area contributed by atoms with Crippen LogP contribution in [-0.4, -0.2) is 0 Å². The van der Waals surface area contributed by atoms with Gasteiger partial charge in [0.05, 0.1) is 0 Å². The summed E-state index contributed by atoms with van der Waals surface area (Å²) in [7, 11) is 0. The molecule has 0 aromatic carbocycles. The molecule has 0 radical (unpaired) electrons. The van der Waals surface area contributed by atoms with E-state index in [0.29, 0.717) is 0 Å². The van der Waals surface area contributed by atoms with E-state index in [9.17, 15) is 0 Å². The van der Waals surface area contributed by atoms with E-state index in [2.05, 4.69) is 0 Å². The zero-order valence-electron chi connectivity index (χ0n) is 2.15.